The van der Waals surface area contributed by atoms with Crippen LogP contribution in [-0.4, -0.2) is 19.9 Å². The molecule has 0 amide bonds. The van der Waals surface area contributed by atoms with E-state index in [2.05, 4.69) is 14.8 Å². The molecule has 0 spiro atoms. The average molecular weight is 342 g/mol. The van der Waals surface area contributed by atoms with Crippen molar-refractivity contribution in [1.82, 2.24) is 19.9 Å². The lowest BCUT2D eigenvalue weighted by molar-refractivity contribution is -0.141. The van der Waals surface area contributed by atoms with Crippen LogP contribution in [0.2, 0.25) is 0 Å². The Kier molecular flexibility index (Phi) is 3.96. The van der Waals surface area contributed by atoms with Gasteiger partial charge in [0.05, 0.1) is 12.7 Å². The molecule has 2 heterocycles. The van der Waals surface area contributed by atoms with Gasteiger partial charge in [-0.2, -0.15) is 18.3 Å². The Labute approximate surface area is 131 Å². The first-order valence-corrected chi connectivity index (χ1v) is 6.74. The van der Waals surface area contributed by atoms with Gasteiger partial charge < -0.3 is 0 Å². The first-order valence-electron chi connectivity index (χ1n) is 6.74. The van der Waals surface area contributed by atoms with Crippen molar-refractivity contribution in [3.63, 3.8) is 0 Å². The van der Waals surface area contributed by atoms with Crippen LogP contribution >= 0.6 is 0 Å². The zero-order chi connectivity index (χ0) is 17.3. The van der Waals surface area contributed by atoms with E-state index in [1.54, 1.807) is 0 Å². The average Bonchev–Trinajstić information content (AvgIpc) is 3.11. The number of nitrogens with one attached hydrogen (secondary N) is 1. The van der Waals surface area contributed by atoms with E-state index in [0.717, 1.165) is 10.8 Å². The number of rotatable bonds is 4. The molecule has 0 bridgehead atoms. The van der Waals surface area contributed by atoms with Crippen molar-refractivity contribution in [3.05, 3.63) is 69.5 Å². The van der Waals surface area contributed by atoms with Gasteiger partial charge in [-0.15, -0.1) is 0 Å². The van der Waals surface area contributed by atoms with Gasteiger partial charge in [0.15, 0.2) is 5.82 Å². The summed E-state index contributed by atoms with van der Waals surface area (Å²) in [5.74, 6) is -1.19. The van der Waals surface area contributed by atoms with Crippen molar-refractivity contribution < 1.29 is 22.1 Å². The molecular formula is C14H10F4N4O2. The fourth-order valence-corrected chi connectivity index (χ4v) is 2.21. The predicted octanol–water partition coefficient (Wildman–Crippen LogP) is 2.36. The third-order valence-corrected chi connectivity index (χ3v) is 3.37. The standard InChI is InChI=1S/C14H10F4N4O2/c15-10-3-1-8(2-4-10)5-11-21-24-13(23)22(11)7-9-6-19-20-12(9)14(16,17)18/h1-4,6H,5,7H2,(H,19,20). The lowest BCUT2D eigenvalue weighted by atomic mass is 10.1. The van der Waals surface area contributed by atoms with E-state index in [9.17, 15) is 22.4 Å². The van der Waals surface area contributed by atoms with Crippen LogP contribution in [0.25, 0.3) is 0 Å². The molecule has 2 aromatic heterocycles. The molecule has 1 aromatic carbocycles. The van der Waals surface area contributed by atoms with E-state index in [1.807, 2.05) is 5.10 Å². The highest BCUT2D eigenvalue weighted by Crippen LogP contribution is 2.30. The van der Waals surface area contributed by atoms with Crippen molar-refractivity contribution in [2.24, 2.45) is 0 Å². The molecule has 3 rings (SSSR count). The molecule has 6 nitrogen and oxygen atoms in total. The zero-order valence-corrected chi connectivity index (χ0v) is 12.0. The summed E-state index contributed by atoms with van der Waals surface area (Å²) in [4.78, 5) is 11.7. The molecule has 0 aliphatic heterocycles. The van der Waals surface area contributed by atoms with Gasteiger partial charge in [-0.25, -0.2) is 9.18 Å². The predicted molar refractivity (Wildman–Crippen MR) is 72.7 cm³/mol. The van der Waals surface area contributed by atoms with E-state index >= 15 is 0 Å². The van der Waals surface area contributed by atoms with E-state index < -0.39 is 30.0 Å². The van der Waals surface area contributed by atoms with Crippen molar-refractivity contribution in [3.8, 4) is 0 Å². The summed E-state index contributed by atoms with van der Waals surface area (Å²) < 4.78 is 57.0. The normalized spacial score (nSPS) is 11.8. The maximum atomic E-state index is 12.9. The molecule has 1 N–H and O–H groups in total. The Morgan fingerprint density at radius 2 is 1.92 bits per heavy atom. The number of hydrogen-bond donors (Lipinski definition) is 1. The van der Waals surface area contributed by atoms with Gasteiger partial charge >= 0.3 is 11.9 Å². The van der Waals surface area contributed by atoms with E-state index in [0.29, 0.717) is 5.56 Å². The number of benzene rings is 1. The van der Waals surface area contributed by atoms with Gasteiger partial charge in [-0.1, -0.05) is 17.3 Å². The summed E-state index contributed by atoms with van der Waals surface area (Å²) in [5.41, 5.74) is -0.627. The van der Waals surface area contributed by atoms with Crippen LogP contribution in [-0.2, 0) is 19.1 Å². The minimum atomic E-state index is -4.62. The summed E-state index contributed by atoms with van der Waals surface area (Å²) in [6.45, 7) is -0.399. The second kappa shape index (κ2) is 5.95. The number of nitrogens with zero attached hydrogens (tertiary/aromatic N) is 3. The van der Waals surface area contributed by atoms with E-state index in [-0.39, 0.29) is 17.8 Å². The highest BCUT2D eigenvalue weighted by molar-refractivity contribution is 5.22. The fourth-order valence-electron chi connectivity index (χ4n) is 2.21. The van der Waals surface area contributed by atoms with Crippen molar-refractivity contribution in [2.75, 3.05) is 0 Å². The molecule has 10 heteroatoms. The van der Waals surface area contributed by atoms with Crippen molar-refractivity contribution in [1.29, 1.82) is 0 Å². The molecule has 0 radical (unpaired) electrons. The van der Waals surface area contributed by atoms with Crippen molar-refractivity contribution >= 4 is 0 Å². The second-order valence-corrected chi connectivity index (χ2v) is 5.02. The topological polar surface area (TPSA) is 76.7 Å². The number of aromatic nitrogens is 4. The van der Waals surface area contributed by atoms with Gasteiger partial charge in [0, 0.05) is 12.0 Å². The molecule has 0 unspecified atom stereocenters. The molecule has 0 saturated heterocycles. The van der Waals surface area contributed by atoms with Gasteiger partial charge in [0.2, 0.25) is 0 Å². The maximum Gasteiger partial charge on any atom is 0.441 e. The molecule has 0 atom stereocenters. The molecule has 3 aromatic rings. The Bertz CT molecular complexity index is 893. The van der Waals surface area contributed by atoms with Crippen LogP contribution in [0.5, 0.6) is 0 Å². The fraction of sp³-hybridized carbons (Fsp3) is 0.214. The molecule has 24 heavy (non-hydrogen) atoms. The summed E-state index contributed by atoms with van der Waals surface area (Å²) in [7, 11) is 0. The van der Waals surface area contributed by atoms with Gasteiger partial charge in [0.1, 0.15) is 11.5 Å². The maximum absolute atomic E-state index is 12.9. The zero-order valence-electron chi connectivity index (χ0n) is 12.0. The van der Waals surface area contributed by atoms with Crippen LogP contribution in [0.1, 0.15) is 22.6 Å². The quantitative estimate of drug-likeness (QED) is 0.739. The number of aromatic amines is 1. The second-order valence-electron chi connectivity index (χ2n) is 5.02. The smallest absolute Gasteiger partial charge is 0.296 e. The van der Waals surface area contributed by atoms with Crippen LogP contribution < -0.4 is 5.76 Å². The Morgan fingerprint density at radius 3 is 2.58 bits per heavy atom. The summed E-state index contributed by atoms with van der Waals surface area (Å²) in [6, 6.07) is 5.43. The number of hydrogen-bond acceptors (Lipinski definition) is 4. The number of H-pyrrole nitrogens is 1. The molecule has 0 fully saturated rings. The van der Waals surface area contributed by atoms with Crippen LogP contribution in [0.4, 0.5) is 17.6 Å². The highest BCUT2D eigenvalue weighted by Gasteiger charge is 2.35. The Morgan fingerprint density at radius 1 is 1.21 bits per heavy atom. The summed E-state index contributed by atoms with van der Waals surface area (Å²) >= 11 is 0. The molecular weight excluding hydrogens is 332 g/mol. The summed E-state index contributed by atoms with van der Waals surface area (Å²) in [5, 5.41) is 8.81. The van der Waals surface area contributed by atoms with Crippen LogP contribution in [0.3, 0.4) is 0 Å². The minimum Gasteiger partial charge on any atom is -0.296 e. The minimum absolute atomic E-state index is 0.102. The Balaban J connectivity index is 1.90. The van der Waals surface area contributed by atoms with Crippen molar-refractivity contribution in [2.45, 2.75) is 19.1 Å². The molecule has 126 valence electrons. The third-order valence-electron chi connectivity index (χ3n) is 3.37. The third kappa shape index (κ3) is 3.21. The van der Waals surface area contributed by atoms with E-state index in [4.69, 9.17) is 0 Å². The van der Waals surface area contributed by atoms with E-state index in [1.165, 1.54) is 24.3 Å². The monoisotopic (exact) mass is 342 g/mol. The molecule has 0 aliphatic rings. The number of alkyl halides is 3. The number of halogens is 4. The van der Waals surface area contributed by atoms with Crippen LogP contribution in [0.15, 0.2) is 39.8 Å². The highest BCUT2D eigenvalue weighted by atomic mass is 19.4. The molecule has 0 aliphatic carbocycles. The first-order chi connectivity index (χ1) is 11.3. The van der Waals surface area contributed by atoms with Crippen LogP contribution in [0, 0.1) is 5.82 Å². The SMILES string of the molecule is O=c1onc(Cc2ccc(F)cc2)n1Cc1cn[nH]c1C(F)(F)F. The Hall–Kier alpha value is -2.91. The first kappa shape index (κ1) is 16.0. The van der Waals surface area contributed by atoms with Gasteiger partial charge in [-0.3, -0.25) is 14.2 Å². The van der Waals surface area contributed by atoms with Gasteiger partial charge in [-0.05, 0) is 17.7 Å². The largest absolute Gasteiger partial charge is 0.441 e. The molecule has 0 saturated carbocycles. The lowest BCUT2D eigenvalue weighted by Gasteiger charge is -2.08. The van der Waals surface area contributed by atoms with Gasteiger partial charge in [0.25, 0.3) is 0 Å². The summed E-state index contributed by atoms with van der Waals surface area (Å²) in [6.07, 6.45) is -3.53. The lowest BCUT2D eigenvalue weighted by Crippen LogP contribution is -2.20.